The molecule has 3 N–H and O–H groups in total. The second-order valence-electron chi connectivity index (χ2n) is 6.68. The zero-order chi connectivity index (χ0) is 17.5. The van der Waals surface area contributed by atoms with Gasteiger partial charge in [-0.1, -0.05) is 0 Å². The van der Waals surface area contributed by atoms with E-state index in [1.54, 1.807) is 11.8 Å². The lowest BCUT2D eigenvalue weighted by Gasteiger charge is -2.31. The van der Waals surface area contributed by atoms with Crippen LogP contribution in [-0.4, -0.2) is 74.7 Å². The molecule has 8 nitrogen and oxygen atoms in total. The normalized spacial score (nSPS) is 19.5. The lowest BCUT2D eigenvalue weighted by atomic mass is 10.1. The summed E-state index contributed by atoms with van der Waals surface area (Å²) in [6.45, 7) is 3.93. The van der Waals surface area contributed by atoms with E-state index in [1.165, 1.54) is 0 Å². The van der Waals surface area contributed by atoms with E-state index in [0.29, 0.717) is 32.3 Å². The molecule has 0 aromatic heterocycles. The van der Waals surface area contributed by atoms with E-state index in [-0.39, 0.29) is 30.5 Å². The number of nitrogens with one attached hydrogen (secondary N) is 3. The third-order valence-corrected chi connectivity index (χ3v) is 4.25. The van der Waals surface area contributed by atoms with Crippen molar-refractivity contribution in [3.8, 4) is 0 Å². The maximum Gasteiger partial charge on any atom is 0.409 e. The lowest BCUT2D eigenvalue weighted by Crippen LogP contribution is -3.11. The predicted molar refractivity (Wildman–Crippen MR) is 87.5 cm³/mol. The van der Waals surface area contributed by atoms with Crippen molar-refractivity contribution in [2.24, 2.45) is 0 Å². The van der Waals surface area contributed by atoms with E-state index in [2.05, 4.69) is 10.6 Å². The maximum absolute atomic E-state index is 12.1. The molecule has 8 heteroatoms. The summed E-state index contributed by atoms with van der Waals surface area (Å²) in [7, 11) is 1.84. The van der Waals surface area contributed by atoms with E-state index in [9.17, 15) is 14.4 Å². The average Bonchev–Trinajstić information content (AvgIpc) is 3.31. The molecule has 1 saturated carbocycles. The molecule has 0 bridgehead atoms. The van der Waals surface area contributed by atoms with Crippen LogP contribution >= 0.6 is 0 Å². The standard InChI is InChI=1S/C16H28N4O4/c1-3-24-16(23)20-8-6-13(7-9-20)18-15(22)11-19(2)10-14(21)17-12-4-5-12/h12-13H,3-11H2,1-2H3,(H,17,21)(H,18,22)/p+1. The van der Waals surface area contributed by atoms with Crippen LogP contribution in [0.2, 0.25) is 0 Å². The van der Waals surface area contributed by atoms with E-state index in [0.717, 1.165) is 30.6 Å². The zero-order valence-corrected chi connectivity index (χ0v) is 14.6. The van der Waals surface area contributed by atoms with Crippen LogP contribution in [0.4, 0.5) is 4.79 Å². The third kappa shape index (κ3) is 6.35. The summed E-state index contributed by atoms with van der Waals surface area (Å²) in [6.07, 6.45) is 3.30. The molecule has 0 radical (unpaired) electrons. The van der Waals surface area contributed by atoms with Crippen LogP contribution in [0.15, 0.2) is 0 Å². The van der Waals surface area contributed by atoms with Crippen LogP contribution in [0.5, 0.6) is 0 Å². The first-order valence-corrected chi connectivity index (χ1v) is 8.79. The number of nitrogens with zero attached hydrogens (tertiary/aromatic N) is 1. The smallest absolute Gasteiger partial charge is 0.409 e. The first-order valence-electron chi connectivity index (χ1n) is 8.79. The summed E-state index contributed by atoms with van der Waals surface area (Å²) >= 11 is 0. The van der Waals surface area contributed by atoms with Gasteiger partial charge in [-0.3, -0.25) is 9.59 Å². The third-order valence-electron chi connectivity index (χ3n) is 4.25. The second-order valence-corrected chi connectivity index (χ2v) is 6.68. The Kier molecular flexibility index (Phi) is 6.84. The average molecular weight is 341 g/mol. The van der Waals surface area contributed by atoms with Crippen LogP contribution in [0, 0.1) is 0 Å². The number of likely N-dealkylation sites (N-methyl/N-ethyl adjacent to an activating group) is 1. The van der Waals surface area contributed by atoms with Crippen LogP contribution in [0.25, 0.3) is 0 Å². The van der Waals surface area contributed by atoms with Gasteiger partial charge >= 0.3 is 6.09 Å². The molecule has 2 rings (SSSR count). The quantitative estimate of drug-likeness (QED) is 0.526. The summed E-state index contributed by atoms with van der Waals surface area (Å²) < 4.78 is 4.98. The van der Waals surface area contributed by atoms with Gasteiger partial charge in [-0.2, -0.15) is 0 Å². The molecule has 0 aromatic rings. The molecule has 136 valence electrons. The second kappa shape index (κ2) is 8.86. The molecule has 1 aliphatic heterocycles. The molecule has 1 atom stereocenters. The number of carbonyl (C=O) groups is 3. The number of likely N-dealkylation sites (tertiary alicyclic amines) is 1. The highest BCUT2D eigenvalue weighted by atomic mass is 16.6. The lowest BCUT2D eigenvalue weighted by molar-refractivity contribution is -0.862. The summed E-state index contributed by atoms with van der Waals surface area (Å²) in [6, 6.07) is 0.431. The van der Waals surface area contributed by atoms with Crippen molar-refractivity contribution in [3.63, 3.8) is 0 Å². The van der Waals surface area contributed by atoms with Gasteiger partial charge < -0.3 is 25.2 Å². The molecule has 2 aliphatic rings. The van der Waals surface area contributed by atoms with Crippen molar-refractivity contribution in [1.82, 2.24) is 15.5 Å². The highest BCUT2D eigenvalue weighted by Gasteiger charge is 2.27. The minimum Gasteiger partial charge on any atom is -0.450 e. The van der Waals surface area contributed by atoms with Crippen molar-refractivity contribution in [1.29, 1.82) is 0 Å². The van der Waals surface area contributed by atoms with E-state index in [4.69, 9.17) is 4.74 Å². The fraction of sp³-hybridized carbons (Fsp3) is 0.812. The van der Waals surface area contributed by atoms with Crippen LogP contribution < -0.4 is 15.5 Å². The summed E-state index contributed by atoms with van der Waals surface area (Å²) in [4.78, 5) is 38.0. The van der Waals surface area contributed by atoms with Gasteiger partial charge in [-0.05, 0) is 32.6 Å². The van der Waals surface area contributed by atoms with Crippen LogP contribution in [0.1, 0.15) is 32.6 Å². The van der Waals surface area contributed by atoms with Gasteiger partial charge in [0, 0.05) is 25.2 Å². The summed E-state index contributed by atoms with van der Waals surface area (Å²) in [5.74, 6) is -0.0492. The van der Waals surface area contributed by atoms with E-state index >= 15 is 0 Å². The first kappa shape index (κ1) is 18.5. The first-order chi connectivity index (χ1) is 11.5. The summed E-state index contributed by atoms with van der Waals surface area (Å²) in [5.41, 5.74) is 0. The Morgan fingerprint density at radius 2 is 1.50 bits per heavy atom. The molecule has 24 heavy (non-hydrogen) atoms. The van der Waals surface area contributed by atoms with Gasteiger partial charge in [-0.25, -0.2) is 4.79 Å². The number of amides is 3. The summed E-state index contributed by atoms with van der Waals surface area (Å²) in [5, 5.41) is 5.92. The van der Waals surface area contributed by atoms with Gasteiger partial charge in [-0.15, -0.1) is 0 Å². The van der Waals surface area contributed by atoms with Crippen LogP contribution in [-0.2, 0) is 14.3 Å². The fourth-order valence-corrected chi connectivity index (χ4v) is 2.82. The minimum absolute atomic E-state index is 0.00513. The SMILES string of the molecule is CCOC(=O)N1CCC(NC(=O)C[NH+](C)CC(=O)NC2CC2)CC1. The van der Waals surface area contributed by atoms with Crippen LogP contribution in [0.3, 0.4) is 0 Å². The molecule has 0 spiro atoms. The predicted octanol–water partition coefficient (Wildman–Crippen LogP) is -1.48. The topological polar surface area (TPSA) is 92.2 Å². The number of hydrogen-bond donors (Lipinski definition) is 3. The van der Waals surface area contributed by atoms with Crippen molar-refractivity contribution in [2.75, 3.05) is 39.8 Å². The molecule has 3 amide bonds. The Hall–Kier alpha value is -1.83. The van der Waals surface area contributed by atoms with Gasteiger partial charge in [0.05, 0.1) is 13.7 Å². The monoisotopic (exact) mass is 341 g/mol. The highest BCUT2D eigenvalue weighted by molar-refractivity contribution is 5.79. The minimum atomic E-state index is -0.284. The fourth-order valence-electron chi connectivity index (χ4n) is 2.82. The molecule has 2 fully saturated rings. The van der Waals surface area contributed by atoms with Crippen molar-refractivity contribution >= 4 is 17.9 Å². The van der Waals surface area contributed by atoms with Gasteiger partial charge in [0.1, 0.15) is 0 Å². The molecular weight excluding hydrogens is 312 g/mol. The number of quaternary nitrogens is 1. The van der Waals surface area contributed by atoms with E-state index < -0.39 is 0 Å². The Morgan fingerprint density at radius 1 is 1.00 bits per heavy atom. The molecule has 1 aliphatic carbocycles. The number of ether oxygens (including phenoxy) is 1. The Morgan fingerprint density at radius 3 is 1.96 bits per heavy atom. The van der Waals surface area contributed by atoms with E-state index in [1.807, 2.05) is 7.05 Å². The molecular formula is C16H29N4O4+. The maximum atomic E-state index is 12.1. The zero-order valence-electron chi connectivity index (χ0n) is 14.6. The number of carbonyl (C=O) groups excluding carboxylic acids is 3. The van der Waals surface area contributed by atoms with Crippen molar-refractivity contribution in [3.05, 3.63) is 0 Å². The molecule has 1 unspecified atom stereocenters. The largest absolute Gasteiger partial charge is 0.450 e. The van der Waals surface area contributed by atoms with Gasteiger partial charge in [0.15, 0.2) is 13.1 Å². The molecule has 1 saturated heterocycles. The van der Waals surface area contributed by atoms with Crippen molar-refractivity contribution < 1.29 is 24.0 Å². The molecule has 1 heterocycles. The number of rotatable bonds is 7. The Labute approximate surface area is 142 Å². The van der Waals surface area contributed by atoms with Gasteiger partial charge in [0.25, 0.3) is 11.8 Å². The Bertz CT molecular complexity index is 459. The Balaban J connectivity index is 1.62. The highest BCUT2D eigenvalue weighted by Crippen LogP contribution is 2.18. The number of piperidine rings is 1. The van der Waals surface area contributed by atoms with Crippen molar-refractivity contribution in [2.45, 2.75) is 44.7 Å². The van der Waals surface area contributed by atoms with Gasteiger partial charge in [0.2, 0.25) is 0 Å². The molecule has 0 aromatic carbocycles. The number of hydrogen-bond acceptors (Lipinski definition) is 4.